The van der Waals surface area contributed by atoms with Crippen LogP contribution in [0, 0.1) is 0 Å². The molecule has 2 saturated heterocycles. The molecule has 2 aliphatic heterocycles. The number of rotatable bonds is 4. The fourth-order valence-electron chi connectivity index (χ4n) is 4.82. The molecule has 6 heteroatoms. The average Bonchev–Trinajstić information content (AvgIpc) is 3.26. The van der Waals surface area contributed by atoms with E-state index >= 15 is 0 Å². The summed E-state index contributed by atoms with van der Waals surface area (Å²) in [4.78, 5) is 18.2. The third-order valence-corrected chi connectivity index (χ3v) is 6.20. The van der Waals surface area contributed by atoms with Crippen molar-refractivity contribution in [1.82, 2.24) is 15.2 Å². The second kappa shape index (κ2) is 8.09. The quantitative estimate of drug-likeness (QED) is 0.666. The molecule has 0 saturated carbocycles. The Kier molecular flexibility index (Phi) is 5.52. The molecule has 2 fully saturated rings. The lowest BCUT2D eigenvalue weighted by molar-refractivity contribution is 0.00675. The van der Waals surface area contributed by atoms with Crippen LogP contribution in [0.3, 0.4) is 0 Å². The number of fused-ring (bicyclic) bond motifs is 1. The number of carbonyl (C=O) groups excluding carboxylic acids is 1. The SMILES string of the molecule is Cl.O=C1OC2(CCNCC2)C(c2ccccc2)N1CCc1c[nH]c2ccccc12. The number of aromatic nitrogens is 1. The average molecular weight is 412 g/mol. The van der Waals surface area contributed by atoms with Gasteiger partial charge in [0.2, 0.25) is 0 Å². The number of hydrogen-bond acceptors (Lipinski definition) is 3. The van der Waals surface area contributed by atoms with Crippen molar-refractivity contribution in [3.63, 3.8) is 0 Å². The number of halogens is 1. The lowest BCUT2D eigenvalue weighted by Gasteiger charge is -2.38. The summed E-state index contributed by atoms with van der Waals surface area (Å²) in [5.74, 6) is 0. The summed E-state index contributed by atoms with van der Waals surface area (Å²) in [5, 5.41) is 4.62. The smallest absolute Gasteiger partial charge is 0.411 e. The van der Waals surface area contributed by atoms with Crippen LogP contribution < -0.4 is 5.32 Å². The standard InChI is InChI=1S/C23H25N3O2.ClH/c27-22-26(15-10-18-16-25-20-9-5-4-8-19(18)20)21(17-6-2-1-3-7-17)23(28-22)11-13-24-14-12-23;/h1-9,16,21,24-25H,10-15H2;1H. The van der Waals surface area contributed by atoms with Crippen molar-refractivity contribution in [1.29, 1.82) is 0 Å². The lowest BCUT2D eigenvalue weighted by atomic mass is 9.81. The van der Waals surface area contributed by atoms with Crippen LogP contribution in [-0.2, 0) is 11.2 Å². The molecule has 1 spiro atoms. The van der Waals surface area contributed by atoms with E-state index in [2.05, 4.69) is 46.8 Å². The second-order valence-corrected chi connectivity index (χ2v) is 7.80. The maximum Gasteiger partial charge on any atom is 0.411 e. The molecule has 29 heavy (non-hydrogen) atoms. The number of carbonyl (C=O) groups is 1. The van der Waals surface area contributed by atoms with Gasteiger partial charge in [0, 0.05) is 36.5 Å². The number of nitrogens with zero attached hydrogens (tertiary/aromatic N) is 1. The second-order valence-electron chi connectivity index (χ2n) is 7.80. The van der Waals surface area contributed by atoms with Gasteiger partial charge in [-0.1, -0.05) is 48.5 Å². The first kappa shape index (κ1) is 19.8. The molecule has 3 aromatic rings. The van der Waals surface area contributed by atoms with Crippen molar-refractivity contribution in [2.45, 2.75) is 30.9 Å². The number of H-pyrrole nitrogens is 1. The van der Waals surface area contributed by atoms with E-state index in [0.29, 0.717) is 6.54 Å². The van der Waals surface area contributed by atoms with Crippen LogP contribution in [0.25, 0.3) is 10.9 Å². The molecular weight excluding hydrogens is 386 g/mol. The Morgan fingerprint density at radius 3 is 2.55 bits per heavy atom. The summed E-state index contributed by atoms with van der Waals surface area (Å²) >= 11 is 0. The van der Waals surface area contributed by atoms with E-state index in [1.807, 2.05) is 29.2 Å². The predicted molar refractivity (Wildman–Crippen MR) is 116 cm³/mol. The minimum atomic E-state index is -0.427. The van der Waals surface area contributed by atoms with Crippen LogP contribution in [0.2, 0.25) is 0 Å². The Bertz CT molecular complexity index is 982. The van der Waals surface area contributed by atoms with Crippen LogP contribution in [0.15, 0.2) is 60.8 Å². The number of aromatic amines is 1. The van der Waals surface area contributed by atoms with Gasteiger partial charge in [0.1, 0.15) is 11.6 Å². The highest BCUT2D eigenvalue weighted by molar-refractivity contribution is 5.85. The molecule has 2 aliphatic rings. The van der Waals surface area contributed by atoms with E-state index in [-0.39, 0.29) is 24.5 Å². The van der Waals surface area contributed by atoms with E-state index in [1.165, 1.54) is 10.9 Å². The van der Waals surface area contributed by atoms with Crippen LogP contribution in [0.5, 0.6) is 0 Å². The summed E-state index contributed by atoms with van der Waals surface area (Å²) in [7, 11) is 0. The van der Waals surface area contributed by atoms with Crippen LogP contribution >= 0.6 is 12.4 Å². The number of ether oxygens (including phenoxy) is 1. The number of amides is 1. The van der Waals surface area contributed by atoms with Crippen LogP contribution in [0.4, 0.5) is 4.79 Å². The Hall–Kier alpha value is -2.50. The fourth-order valence-corrected chi connectivity index (χ4v) is 4.82. The molecule has 1 aromatic heterocycles. The molecule has 2 aromatic carbocycles. The number of hydrogen-bond donors (Lipinski definition) is 2. The van der Waals surface area contributed by atoms with Crippen molar-refractivity contribution in [3.05, 3.63) is 71.9 Å². The van der Waals surface area contributed by atoms with Gasteiger partial charge in [-0.2, -0.15) is 0 Å². The molecule has 0 aliphatic carbocycles. The highest BCUT2D eigenvalue weighted by Crippen LogP contribution is 2.46. The van der Waals surface area contributed by atoms with Crippen LogP contribution in [-0.4, -0.2) is 41.2 Å². The highest BCUT2D eigenvalue weighted by atomic mass is 35.5. The van der Waals surface area contributed by atoms with Gasteiger partial charge in [-0.15, -0.1) is 12.4 Å². The minimum Gasteiger partial charge on any atom is -0.440 e. The zero-order valence-electron chi connectivity index (χ0n) is 16.3. The molecule has 5 nitrogen and oxygen atoms in total. The first-order chi connectivity index (χ1) is 13.8. The summed E-state index contributed by atoms with van der Waals surface area (Å²) in [5.41, 5.74) is 3.11. The zero-order chi connectivity index (χ0) is 19.0. The first-order valence-corrected chi connectivity index (χ1v) is 10.1. The Morgan fingerprint density at radius 2 is 1.76 bits per heavy atom. The number of benzene rings is 2. The molecule has 0 bridgehead atoms. The van der Waals surface area contributed by atoms with Crippen LogP contribution in [0.1, 0.15) is 30.0 Å². The number of para-hydroxylation sites is 1. The van der Waals surface area contributed by atoms with Gasteiger partial charge >= 0.3 is 6.09 Å². The fraction of sp³-hybridized carbons (Fsp3) is 0.348. The molecule has 0 radical (unpaired) electrons. The summed E-state index contributed by atoms with van der Waals surface area (Å²) in [6, 6.07) is 18.6. The molecule has 1 atom stereocenters. The van der Waals surface area contributed by atoms with E-state index in [9.17, 15) is 4.79 Å². The van der Waals surface area contributed by atoms with Gasteiger partial charge in [-0.05, 0) is 36.7 Å². The molecule has 5 rings (SSSR count). The Balaban J connectivity index is 0.00000205. The van der Waals surface area contributed by atoms with Crippen molar-refractivity contribution in [2.75, 3.05) is 19.6 Å². The van der Waals surface area contributed by atoms with Crippen molar-refractivity contribution >= 4 is 29.4 Å². The first-order valence-electron chi connectivity index (χ1n) is 10.1. The number of piperidine rings is 1. The number of nitrogens with one attached hydrogen (secondary N) is 2. The van der Waals surface area contributed by atoms with E-state index < -0.39 is 5.60 Å². The molecule has 152 valence electrons. The Labute approximate surface area is 176 Å². The normalized spacial score (nSPS) is 20.6. The van der Waals surface area contributed by atoms with Gasteiger partial charge in [0.25, 0.3) is 0 Å². The summed E-state index contributed by atoms with van der Waals surface area (Å²) < 4.78 is 6.07. The van der Waals surface area contributed by atoms with Gasteiger partial charge < -0.3 is 15.0 Å². The van der Waals surface area contributed by atoms with Crippen molar-refractivity contribution < 1.29 is 9.53 Å². The maximum absolute atomic E-state index is 12.9. The minimum absolute atomic E-state index is 0. The van der Waals surface area contributed by atoms with Gasteiger partial charge in [0.05, 0.1) is 0 Å². The zero-order valence-corrected chi connectivity index (χ0v) is 17.1. The molecule has 3 heterocycles. The van der Waals surface area contributed by atoms with Gasteiger partial charge in [-0.25, -0.2) is 4.79 Å². The lowest BCUT2D eigenvalue weighted by Crippen LogP contribution is -2.47. The third-order valence-electron chi connectivity index (χ3n) is 6.20. The molecule has 1 unspecified atom stereocenters. The Morgan fingerprint density at radius 1 is 1.03 bits per heavy atom. The highest BCUT2D eigenvalue weighted by Gasteiger charge is 2.54. The maximum atomic E-state index is 12.9. The van der Waals surface area contributed by atoms with E-state index in [1.54, 1.807) is 0 Å². The van der Waals surface area contributed by atoms with Crippen molar-refractivity contribution in [3.8, 4) is 0 Å². The van der Waals surface area contributed by atoms with Gasteiger partial charge in [0.15, 0.2) is 0 Å². The third kappa shape index (κ3) is 3.49. The predicted octanol–water partition coefficient (Wildman–Crippen LogP) is 4.45. The van der Waals surface area contributed by atoms with E-state index in [0.717, 1.165) is 43.4 Å². The molecule has 1 amide bonds. The topological polar surface area (TPSA) is 57.4 Å². The van der Waals surface area contributed by atoms with E-state index in [4.69, 9.17) is 4.74 Å². The monoisotopic (exact) mass is 411 g/mol. The van der Waals surface area contributed by atoms with Gasteiger partial charge in [-0.3, -0.25) is 4.90 Å². The molecule has 2 N–H and O–H groups in total. The summed E-state index contributed by atoms with van der Waals surface area (Å²) in [6.45, 7) is 2.41. The molecular formula is C23H26ClN3O2. The largest absolute Gasteiger partial charge is 0.440 e. The summed E-state index contributed by atoms with van der Waals surface area (Å²) in [6.07, 6.45) is 4.38. The van der Waals surface area contributed by atoms with Crippen molar-refractivity contribution in [2.24, 2.45) is 0 Å².